The van der Waals surface area contributed by atoms with Gasteiger partial charge in [-0.1, -0.05) is 6.07 Å². The highest BCUT2D eigenvalue weighted by atomic mass is 127. The third-order valence-electron chi connectivity index (χ3n) is 3.58. The zero-order chi connectivity index (χ0) is 15.1. The SMILES string of the molecule is Cc1ccc(-n2c(=S)[nH]c3cc(I)ccc32)cc1N(C)C. The van der Waals surface area contributed by atoms with Crippen LogP contribution in [0.5, 0.6) is 0 Å². The molecule has 0 bridgehead atoms. The first kappa shape index (κ1) is 14.6. The van der Waals surface area contributed by atoms with Gasteiger partial charge in [-0.2, -0.15) is 0 Å². The normalized spacial score (nSPS) is 11.0. The maximum absolute atomic E-state index is 5.51. The van der Waals surface area contributed by atoms with Crippen LogP contribution < -0.4 is 4.90 Å². The van der Waals surface area contributed by atoms with E-state index >= 15 is 0 Å². The molecule has 3 aromatic rings. The van der Waals surface area contributed by atoms with Crippen LogP contribution in [0.2, 0.25) is 0 Å². The van der Waals surface area contributed by atoms with Crippen molar-refractivity contribution in [2.24, 2.45) is 0 Å². The maximum atomic E-state index is 5.51. The third-order valence-corrected chi connectivity index (χ3v) is 4.53. The summed E-state index contributed by atoms with van der Waals surface area (Å²) >= 11 is 7.82. The Morgan fingerprint density at radius 2 is 1.90 bits per heavy atom. The van der Waals surface area contributed by atoms with E-state index in [1.165, 1.54) is 14.8 Å². The summed E-state index contributed by atoms with van der Waals surface area (Å²) in [6, 6.07) is 12.8. The van der Waals surface area contributed by atoms with E-state index in [-0.39, 0.29) is 0 Å². The van der Waals surface area contributed by atoms with Crippen molar-refractivity contribution >= 4 is 51.5 Å². The number of imidazole rings is 1. The molecule has 0 saturated carbocycles. The molecule has 3 nitrogen and oxygen atoms in total. The molecule has 0 unspecified atom stereocenters. The number of aromatic amines is 1. The molecule has 1 heterocycles. The number of hydrogen-bond donors (Lipinski definition) is 1. The number of nitrogens with zero attached hydrogens (tertiary/aromatic N) is 2. The summed E-state index contributed by atoms with van der Waals surface area (Å²) < 4.78 is 4.01. The monoisotopic (exact) mass is 409 g/mol. The van der Waals surface area contributed by atoms with Crippen LogP contribution in [0.1, 0.15) is 5.56 Å². The van der Waals surface area contributed by atoms with Crippen molar-refractivity contribution in [2.45, 2.75) is 6.92 Å². The van der Waals surface area contributed by atoms with Gasteiger partial charge < -0.3 is 9.88 Å². The van der Waals surface area contributed by atoms with Gasteiger partial charge in [0.15, 0.2) is 4.77 Å². The van der Waals surface area contributed by atoms with Crippen LogP contribution in [0, 0.1) is 15.3 Å². The molecule has 0 amide bonds. The molecular formula is C16H16IN3S. The molecule has 0 aliphatic rings. The first-order chi connectivity index (χ1) is 9.97. The Balaban J connectivity index is 2.28. The first-order valence-corrected chi connectivity index (χ1v) is 8.15. The predicted octanol–water partition coefficient (Wildman–Crippen LogP) is 4.67. The standard InChI is InChI=1S/C16H16IN3S/c1-10-4-6-12(9-15(10)19(2)3)20-14-7-5-11(17)8-13(14)18-16(20)21/h4-9H,1-3H3,(H,18,21). The molecule has 0 aliphatic carbocycles. The summed E-state index contributed by atoms with van der Waals surface area (Å²) in [5.41, 5.74) is 5.72. The molecule has 3 rings (SSSR count). The molecule has 21 heavy (non-hydrogen) atoms. The molecule has 108 valence electrons. The van der Waals surface area contributed by atoms with E-state index in [1.807, 2.05) is 0 Å². The lowest BCUT2D eigenvalue weighted by molar-refractivity contribution is 1.05. The van der Waals surface area contributed by atoms with E-state index in [1.54, 1.807) is 0 Å². The second-order valence-corrected chi connectivity index (χ2v) is 6.92. The summed E-state index contributed by atoms with van der Waals surface area (Å²) in [4.78, 5) is 5.41. The van der Waals surface area contributed by atoms with Crippen LogP contribution in [0.25, 0.3) is 16.7 Å². The topological polar surface area (TPSA) is 24.0 Å². The lowest BCUT2D eigenvalue weighted by Gasteiger charge is -2.17. The largest absolute Gasteiger partial charge is 0.377 e. The first-order valence-electron chi connectivity index (χ1n) is 6.66. The highest BCUT2D eigenvalue weighted by Gasteiger charge is 2.09. The molecule has 0 aliphatic heterocycles. The average Bonchev–Trinajstić information content (AvgIpc) is 2.74. The van der Waals surface area contributed by atoms with Crippen molar-refractivity contribution in [1.29, 1.82) is 0 Å². The summed E-state index contributed by atoms with van der Waals surface area (Å²) in [5.74, 6) is 0. The minimum absolute atomic E-state index is 0.723. The molecule has 0 radical (unpaired) electrons. The predicted molar refractivity (Wildman–Crippen MR) is 100 cm³/mol. The Hall–Kier alpha value is -1.34. The number of rotatable bonds is 2. The van der Waals surface area contributed by atoms with E-state index in [2.05, 4.69) is 94.5 Å². The lowest BCUT2D eigenvalue weighted by atomic mass is 10.1. The van der Waals surface area contributed by atoms with Gasteiger partial charge in [-0.15, -0.1) is 0 Å². The number of hydrogen-bond acceptors (Lipinski definition) is 2. The van der Waals surface area contributed by atoms with Gasteiger partial charge in [-0.3, -0.25) is 4.57 Å². The Bertz CT molecular complexity index is 877. The summed E-state index contributed by atoms with van der Waals surface area (Å²) in [7, 11) is 4.12. The Labute approximate surface area is 142 Å². The molecule has 0 spiro atoms. The van der Waals surface area contributed by atoms with Gasteiger partial charge in [0.1, 0.15) is 0 Å². The van der Waals surface area contributed by atoms with Gasteiger partial charge in [0.25, 0.3) is 0 Å². The smallest absolute Gasteiger partial charge is 0.182 e. The minimum atomic E-state index is 0.723. The van der Waals surface area contributed by atoms with Crippen LogP contribution in [-0.4, -0.2) is 23.6 Å². The van der Waals surface area contributed by atoms with Crippen LogP contribution in [0.4, 0.5) is 5.69 Å². The van der Waals surface area contributed by atoms with Crippen molar-refractivity contribution in [2.75, 3.05) is 19.0 Å². The van der Waals surface area contributed by atoms with Crippen LogP contribution in [-0.2, 0) is 0 Å². The molecule has 0 saturated heterocycles. The lowest BCUT2D eigenvalue weighted by Crippen LogP contribution is -2.11. The number of fused-ring (bicyclic) bond motifs is 1. The Morgan fingerprint density at radius 3 is 2.62 bits per heavy atom. The number of aryl methyl sites for hydroxylation is 1. The molecule has 0 fully saturated rings. The van der Waals surface area contributed by atoms with Gasteiger partial charge in [0, 0.05) is 23.4 Å². The zero-order valence-corrected chi connectivity index (χ0v) is 15.1. The van der Waals surface area contributed by atoms with Gasteiger partial charge in [0.2, 0.25) is 0 Å². The van der Waals surface area contributed by atoms with Gasteiger partial charge >= 0.3 is 0 Å². The molecule has 5 heteroatoms. The van der Waals surface area contributed by atoms with Crippen molar-refractivity contribution in [3.05, 3.63) is 50.3 Å². The van der Waals surface area contributed by atoms with Crippen molar-refractivity contribution in [1.82, 2.24) is 9.55 Å². The highest BCUT2D eigenvalue weighted by molar-refractivity contribution is 14.1. The highest BCUT2D eigenvalue weighted by Crippen LogP contribution is 2.26. The van der Waals surface area contributed by atoms with E-state index < -0.39 is 0 Å². The molecule has 1 N–H and O–H groups in total. The number of halogens is 1. The van der Waals surface area contributed by atoms with Crippen molar-refractivity contribution < 1.29 is 0 Å². The van der Waals surface area contributed by atoms with E-state index in [0.717, 1.165) is 21.5 Å². The number of anilines is 1. The fraction of sp³-hybridized carbons (Fsp3) is 0.188. The van der Waals surface area contributed by atoms with E-state index in [9.17, 15) is 0 Å². The van der Waals surface area contributed by atoms with Crippen LogP contribution >= 0.6 is 34.8 Å². The van der Waals surface area contributed by atoms with Crippen LogP contribution in [0.15, 0.2) is 36.4 Å². The number of aromatic nitrogens is 2. The van der Waals surface area contributed by atoms with Gasteiger partial charge in [-0.25, -0.2) is 0 Å². The Morgan fingerprint density at radius 1 is 1.14 bits per heavy atom. The summed E-state index contributed by atoms with van der Waals surface area (Å²) in [5, 5.41) is 0. The van der Waals surface area contributed by atoms with Crippen molar-refractivity contribution in [3.63, 3.8) is 0 Å². The number of H-pyrrole nitrogens is 1. The average molecular weight is 409 g/mol. The Kier molecular flexibility index (Phi) is 3.79. The van der Waals surface area contributed by atoms with Crippen LogP contribution in [0.3, 0.4) is 0 Å². The second kappa shape index (κ2) is 5.46. The van der Waals surface area contributed by atoms with Crippen molar-refractivity contribution in [3.8, 4) is 5.69 Å². The maximum Gasteiger partial charge on any atom is 0.182 e. The summed E-state index contributed by atoms with van der Waals surface area (Å²) in [6.45, 7) is 2.12. The number of nitrogens with one attached hydrogen (secondary N) is 1. The molecule has 0 atom stereocenters. The fourth-order valence-corrected chi connectivity index (χ4v) is 3.36. The molecule has 1 aromatic heterocycles. The van der Waals surface area contributed by atoms with Gasteiger partial charge in [-0.05, 0) is 77.6 Å². The fourth-order valence-electron chi connectivity index (χ4n) is 2.56. The molecular weight excluding hydrogens is 393 g/mol. The molecule has 2 aromatic carbocycles. The third kappa shape index (κ3) is 2.60. The zero-order valence-electron chi connectivity index (χ0n) is 12.1. The number of benzene rings is 2. The van der Waals surface area contributed by atoms with Gasteiger partial charge in [0.05, 0.1) is 16.7 Å². The second-order valence-electron chi connectivity index (χ2n) is 5.29. The van der Waals surface area contributed by atoms with E-state index in [4.69, 9.17) is 12.2 Å². The summed E-state index contributed by atoms with van der Waals surface area (Å²) in [6.07, 6.45) is 0. The minimum Gasteiger partial charge on any atom is -0.377 e. The quantitative estimate of drug-likeness (QED) is 0.492. The van der Waals surface area contributed by atoms with E-state index in [0.29, 0.717) is 0 Å².